The molecule has 152 valence electrons. The number of halogens is 1. The summed E-state index contributed by atoms with van der Waals surface area (Å²) < 4.78 is 15.0. The number of rotatable bonds is 4. The summed E-state index contributed by atoms with van der Waals surface area (Å²) in [6.45, 7) is 7.97. The van der Waals surface area contributed by atoms with E-state index in [0.29, 0.717) is 31.7 Å². The monoisotopic (exact) mass is 396 g/mol. The molecule has 8 heteroatoms. The molecule has 1 fully saturated rings. The number of carbonyl (C=O) groups is 1. The van der Waals surface area contributed by atoms with Crippen LogP contribution in [0.5, 0.6) is 0 Å². The van der Waals surface area contributed by atoms with E-state index in [9.17, 15) is 9.18 Å². The van der Waals surface area contributed by atoms with Crippen molar-refractivity contribution >= 4 is 17.2 Å². The summed E-state index contributed by atoms with van der Waals surface area (Å²) in [6, 6.07) is 8.39. The van der Waals surface area contributed by atoms with Gasteiger partial charge in [-0.1, -0.05) is 26.0 Å². The van der Waals surface area contributed by atoms with Crippen molar-refractivity contribution in [1.29, 1.82) is 0 Å². The first-order chi connectivity index (χ1) is 13.9. The number of fused-ring (bicyclic) bond motifs is 1. The third-order valence-corrected chi connectivity index (χ3v) is 5.47. The van der Waals surface area contributed by atoms with Crippen molar-refractivity contribution in [3.05, 3.63) is 53.7 Å². The Kier molecular flexibility index (Phi) is 5.17. The van der Waals surface area contributed by atoms with Gasteiger partial charge >= 0.3 is 0 Å². The van der Waals surface area contributed by atoms with Gasteiger partial charge in [-0.3, -0.25) is 4.79 Å². The zero-order valence-corrected chi connectivity index (χ0v) is 16.9. The molecule has 1 atom stereocenters. The van der Waals surface area contributed by atoms with Crippen LogP contribution >= 0.6 is 0 Å². The SMILES string of the molecule is Cc1cc(N2CCC(=O)N(Cc3ccc(F)cc3)C(C(C)C)C2)c2nncn2n1. The quantitative estimate of drug-likeness (QED) is 0.678. The zero-order chi connectivity index (χ0) is 20.5. The van der Waals surface area contributed by atoms with Gasteiger partial charge in [0.2, 0.25) is 11.6 Å². The molecule has 1 amide bonds. The number of nitrogens with zero attached hydrogens (tertiary/aromatic N) is 6. The summed E-state index contributed by atoms with van der Waals surface area (Å²) in [5, 5.41) is 12.6. The van der Waals surface area contributed by atoms with Crippen LogP contribution in [0.4, 0.5) is 10.1 Å². The van der Waals surface area contributed by atoms with Crippen molar-refractivity contribution in [3.63, 3.8) is 0 Å². The first-order valence-electron chi connectivity index (χ1n) is 9.89. The maximum atomic E-state index is 13.3. The molecule has 7 nitrogen and oxygen atoms in total. The molecule has 2 aromatic heterocycles. The highest BCUT2D eigenvalue weighted by Crippen LogP contribution is 2.27. The van der Waals surface area contributed by atoms with E-state index in [-0.39, 0.29) is 23.7 Å². The Morgan fingerprint density at radius 3 is 2.72 bits per heavy atom. The van der Waals surface area contributed by atoms with E-state index in [1.165, 1.54) is 12.1 Å². The number of aryl methyl sites for hydroxylation is 1. The Balaban J connectivity index is 1.66. The lowest BCUT2D eigenvalue weighted by atomic mass is 10.0. The molecule has 29 heavy (non-hydrogen) atoms. The fourth-order valence-electron chi connectivity index (χ4n) is 3.92. The van der Waals surface area contributed by atoms with Gasteiger partial charge in [0, 0.05) is 26.1 Å². The summed E-state index contributed by atoms with van der Waals surface area (Å²) >= 11 is 0. The molecule has 1 aliphatic rings. The fraction of sp³-hybridized carbons (Fsp3) is 0.429. The van der Waals surface area contributed by atoms with Crippen LogP contribution < -0.4 is 4.90 Å². The average Bonchev–Trinajstić information content (AvgIpc) is 3.09. The molecule has 0 bridgehead atoms. The fourth-order valence-corrected chi connectivity index (χ4v) is 3.92. The van der Waals surface area contributed by atoms with Gasteiger partial charge in [-0.25, -0.2) is 4.39 Å². The van der Waals surface area contributed by atoms with Gasteiger partial charge in [-0.05, 0) is 36.6 Å². The third kappa shape index (κ3) is 3.92. The Morgan fingerprint density at radius 2 is 2.00 bits per heavy atom. The minimum Gasteiger partial charge on any atom is -0.366 e. The normalized spacial score (nSPS) is 18.0. The third-order valence-electron chi connectivity index (χ3n) is 5.47. The number of hydrogen-bond donors (Lipinski definition) is 0. The van der Waals surface area contributed by atoms with Crippen molar-refractivity contribution in [3.8, 4) is 0 Å². The Bertz CT molecular complexity index is 1020. The molecule has 3 heterocycles. The molecule has 4 rings (SSSR count). The molecular weight excluding hydrogens is 371 g/mol. The molecule has 1 unspecified atom stereocenters. The van der Waals surface area contributed by atoms with Crippen LogP contribution in [0, 0.1) is 18.7 Å². The van der Waals surface area contributed by atoms with E-state index < -0.39 is 0 Å². The van der Waals surface area contributed by atoms with Crippen LogP contribution in [0.3, 0.4) is 0 Å². The van der Waals surface area contributed by atoms with E-state index in [2.05, 4.69) is 34.0 Å². The first kappa shape index (κ1) is 19.3. The summed E-state index contributed by atoms with van der Waals surface area (Å²) in [7, 11) is 0. The van der Waals surface area contributed by atoms with Gasteiger partial charge in [0.15, 0.2) is 0 Å². The lowest BCUT2D eigenvalue weighted by Crippen LogP contribution is -2.46. The van der Waals surface area contributed by atoms with Gasteiger partial charge in [-0.15, -0.1) is 10.2 Å². The number of anilines is 1. The molecule has 0 N–H and O–H groups in total. The molecule has 1 aliphatic heterocycles. The average molecular weight is 396 g/mol. The number of hydrogen-bond acceptors (Lipinski definition) is 5. The molecular formula is C21H25FN6O. The molecule has 0 saturated carbocycles. The largest absolute Gasteiger partial charge is 0.366 e. The van der Waals surface area contributed by atoms with E-state index in [1.807, 2.05) is 17.9 Å². The Morgan fingerprint density at radius 1 is 1.24 bits per heavy atom. The van der Waals surface area contributed by atoms with Crippen molar-refractivity contribution < 1.29 is 9.18 Å². The van der Waals surface area contributed by atoms with Gasteiger partial charge in [0.1, 0.15) is 12.1 Å². The van der Waals surface area contributed by atoms with Crippen LogP contribution in [0.25, 0.3) is 5.65 Å². The molecule has 1 saturated heterocycles. The maximum absolute atomic E-state index is 13.3. The maximum Gasteiger partial charge on any atom is 0.224 e. The van der Waals surface area contributed by atoms with Crippen LogP contribution in [0.15, 0.2) is 36.7 Å². The summed E-state index contributed by atoms with van der Waals surface area (Å²) in [5.74, 6) is 0.100. The number of carbonyl (C=O) groups excluding carboxylic acids is 1. The van der Waals surface area contributed by atoms with E-state index in [4.69, 9.17) is 0 Å². The highest BCUT2D eigenvalue weighted by Gasteiger charge is 2.32. The second-order valence-corrected chi connectivity index (χ2v) is 7.93. The van der Waals surface area contributed by atoms with Crippen LogP contribution in [-0.4, -0.2) is 49.7 Å². The van der Waals surface area contributed by atoms with Crippen molar-refractivity contribution in [2.75, 3.05) is 18.0 Å². The minimum atomic E-state index is -0.270. The molecule has 0 spiro atoms. The van der Waals surface area contributed by atoms with Gasteiger partial charge in [0.25, 0.3) is 0 Å². The number of benzene rings is 1. The smallest absolute Gasteiger partial charge is 0.224 e. The van der Waals surface area contributed by atoms with Crippen LogP contribution in [0.2, 0.25) is 0 Å². The predicted molar refractivity (Wildman–Crippen MR) is 108 cm³/mol. The first-order valence-corrected chi connectivity index (χ1v) is 9.89. The highest BCUT2D eigenvalue weighted by molar-refractivity contribution is 5.79. The molecule has 1 aromatic carbocycles. The summed E-state index contributed by atoms with van der Waals surface area (Å²) in [6.07, 6.45) is 2.00. The van der Waals surface area contributed by atoms with Crippen molar-refractivity contribution in [2.45, 2.75) is 39.8 Å². The lowest BCUT2D eigenvalue weighted by molar-refractivity contribution is -0.134. The standard InChI is InChI=1S/C21H25FN6O/c1-14(2)19-12-26(18-10-15(3)25-28-13-23-24-21(18)28)9-8-20(29)27(19)11-16-4-6-17(22)7-5-16/h4-7,10,13-14,19H,8-9,11-12H2,1-3H3. The van der Waals surface area contributed by atoms with Gasteiger partial charge < -0.3 is 9.80 Å². The number of amides is 1. The van der Waals surface area contributed by atoms with Crippen molar-refractivity contribution in [2.24, 2.45) is 5.92 Å². The summed E-state index contributed by atoms with van der Waals surface area (Å²) in [4.78, 5) is 17.2. The molecule has 0 radical (unpaired) electrons. The molecule has 0 aliphatic carbocycles. The summed E-state index contributed by atoms with van der Waals surface area (Å²) in [5.41, 5.74) is 3.43. The van der Waals surface area contributed by atoms with Gasteiger partial charge in [-0.2, -0.15) is 9.61 Å². The van der Waals surface area contributed by atoms with E-state index in [0.717, 1.165) is 16.9 Å². The Labute approximate surface area is 169 Å². The van der Waals surface area contributed by atoms with Crippen molar-refractivity contribution in [1.82, 2.24) is 24.7 Å². The predicted octanol–water partition coefficient (Wildman–Crippen LogP) is 2.84. The topological polar surface area (TPSA) is 66.6 Å². The molecule has 3 aromatic rings. The minimum absolute atomic E-state index is 0.0199. The zero-order valence-electron chi connectivity index (χ0n) is 16.9. The van der Waals surface area contributed by atoms with Crippen LogP contribution in [-0.2, 0) is 11.3 Å². The lowest BCUT2D eigenvalue weighted by Gasteiger charge is -2.35. The highest BCUT2D eigenvalue weighted by atomic mass is 19.1. The Hall–Kier alpha value is -3.03. The van der Waals surface area contributed by atoms with Gasteiger partial charge in [0.05, 0.1) is 17.4 Å². The van der Waals surface area contributed by atoms with Crippen LogP contribution in [0.1, 0.15) is 31.5 Å². The van der Waals surface area contributed by atoms with E-state index in [1.54, 1.807) is 23.0 Å². The second-order valence-electron chi connectivity index (χ2n) is 7.93. The van der Waals surface area contributed by atoms with E-state index >= 15 is 0 Å². The number of aromatic nitrogens is 4. The second kappa shape index (κ2) is 7.77.